The minimum atomic E-state index is 0.582. The monoisotopic (exact) mass is 275 g/mol. The average molecular weight is 275 g/mol. The van der Waals surface area contributed by atoms with Crippen molar-refractivity contribution in [2.45, 2.75) is 19.9 Å². The molecule has 5 heteroatoms. The molecule has 1 N–H and O–H groups in total. The molecular weight excluding hydrogens is 254 g/mol. The van der Waals surface area contributed by atoms with Crippen LogP contribution >= 0.6 is 0 Å². The summed E-state index contributed by atoms with van der Waals surface area (Å²) in [7, 11) is 5.60. The average Bonchev–Trinajstić information content (AvgIpc) is 2.92. The summed E-state index contributed by atoms with van der Waals surface area (Å²) in [6.07, 6.45) is 2.64. The first-order chi connectivity index (χ1) is 9.65. The van der Waals surface area contributed by atoms with Gasteiger partial charge in [0.2, 0.25) is 5.88 Å². The molecule has 0 fully saturated rings. The van der Waals surface area contributed by atoms with E-state index >= 15 is 0 Å². The maximum absolute atomic E-state index is 5.69. The first-order valence-corrected chi connectivity index (χ1v) is 6.67. The zero-order valence-corrected chi connectivity index (χ0v) is 12.4. The highest BCUT2D eigenvalue weighted by molar-refractivity contribution is 5.74. The van der Waals surface area contributed by atoms with Gasteiger partial charge in [-0.05, 0) is 18.2 Å². The second-order valence-electron chi connectivity index (χ2n) is 4.68. The van der Waals surface area contributed by atoms with Crippen LogP contribution in [0.1, 0.15) is 18.4 Å². The van der Waals surface area contributed by atoms with E-state index < -0.39 is 0 Å². The zero-order valence-electron chi connectivity index (χ0n) is 12.4. The highest BCUT2D eigenvalue weighted by Crippen LogP contribution is 2.32. The Hall–Kier alpha value is -2.17. The molecule has 0 radical (unpaired) electrons. The number of nitrogens with one attached hydrogen (secondary N) is 1. The van der Waals surface area contributed by atoms with Gasteiger partial charge in [-0.25, -0.2) is 4.98 Å². The fraction of sp³-hybridized carbons (Fsp3) is 0.400. The van der Waals surface area contributed by atoms with Crippen molar-refractivity contribution in [3.63, 3.8) is 0 Å². The summed E-state index contributed by atoms with van der Waals surface area (Å²) >= 11 is 0. The van der Waals surface area contributed by atoms with Crippen LogP contribution in [0.4, 0.5) is 11.4 Å². The van der Waals surface area contributed by atoms with Crippen LogP contribution in [0.15, 0.2) is 28.8 Å². The fourth-order valence-corrected chi connectivity index (χ4v) is 2.01. The van der Waals surface area contributed by atoms with Crippen LogP contribution in [-0.4, -0.2) is 26.2 Å². The molecule has 2 rings (SSSR count). The van der Waals surface area contributed by atoms with Gasteiger partial charge in [-0.1, -0.05) is 6.92 Å². The molecule has 0 aliphatic heterocycles. The number of ether oxygens (including phenoxy) is 1. The summed E-state index contributed by atoms with van der Waals surface area (Å²) in [6.45, 7) is 2.67. The number of aryl methyl sites for hydroxylation is 1. The Balaban J connectivity index is 2.19. The molecule has 108 valence electrons. The van der Waals surface area contributed by atoms with Crippen molar-refractivity contribution in [1.82, 2.24) is 4.98 Å². The number of hydrogen-bond acceptors (Lipinski definition) is 5. The quantitative estimate of drug-likeness (QED) is 0.878. The van der Waals surface area contributed by atoms with E-state index in [4.69, 9.17) is 9.15 Å². The lowest BCUT2D eigenvalue weighted by atomic mass is 10.3. The summed E-state index contributed by atoms with van der Waals surface area (Å²) in [5.74, 6) is 2.48. The number of rotatable bonds is 6. The Kier molecular flexibility index (Phi) is 4.50. The van der Waals surface area contributed by atoms with E-state index in [2.05, 4.69) is 17.2 Å². The first kappa shape index (κ1) is 14.2. The smallest absolute Gasteiger partial charge is 0.239 e. The highest BCUT2D eigenvalue weighted by Gasteiger charge is 2.12. The lowest BCUT2D eigenvalue weighted by molar-refractivity contribution is 0.399. The van der Waals surface area contributed by atoms with E-state index in [0.717, 1.165) is 29.3 Å². The number of methoxy groups -OCH3 is 1. The normalized spacial score (nSPS) is 10.4. The molecule has 0 aliphatic carbocycles. The second kappa shape index (κ2) is 6.32. The molecule has 0 bridgehead atoms. The predicted octanol–water partition coefficient (Wildman–Crippen LogP) is 2.92. The van der Waals surface area contributed by atoms with Gasteiger partial charge in [-0.15, -0.1) is 0 Å². The van der Waals surface area contributed by atoms with Gasteiger partial charge in [0, 0.05) is 26.7 Å². The van der Waals surface area contributed by atoms with Crippen LogP contribution in [-0.2, 0) is 13.0 Å². The van der Waals surface area contributed by atoms with Gasteiger partial charge < -0.3 is 19.4 Å². The first-order valence-electron chi connectivity index (χ1n) is 6.67. The van der Waals surface area contributed by atoms with E-state index in [1.807, 2.05) is 37.2 Å². The Labute approximate surface area is 119 Å². The number of hydrogen-bond donors (Lipinski definition) is 1. The van der Waals surface area contributed by atoms with Gasteiger partial charge in [0.1, 0.15) is 17.2 Å². The summed E-state index contributed by atoms with van der Waals surface area (Å²) < 4.78 is 11.0. The van der Waals surface area contributed by atoms with Crippen LogP contribution in [0, 0.1) is 0 Å². The van der Waals surface area contributed by atoms with Crippen LogP contribution < -0.4 is 15.0 Å². The summed E-state index contributed by atoms with van der Waals surface area (Å²) in [5, 5.41) is 3.34. The van der Waals surface area contributed by atoms with Gasteiger partial charge in [0.25, 0.3) is 0 Å². The molecule has 2 aromatic heterocycles. The zero-order chi connectivity index (χ0) is 14.5. The van der Waals surface area contributed by atoms with Gasteiger partial charge in [0.15, 0.2) is 0 Å². The van der Waals surface area contributed by atoms with Crippen LogP contribution in [0.2, 0.25) is 0 Å². The fourth-order valence-electron chi connectivity index (χ4n) is 2.01. The van der Waals surface area contributed by atoms with E-state index in [1.165, 1.54) is 0 Å². The molecule has 0 spiro atoms. The number of pyridine rings is 1. The van der Waals surface area contributed by atoms with Crippen LogP contribution in [0.3, 0.4) is 0 Å². The SMILES string of the molecule is CCc1ccc(CNc2c(N(C)C)ccnc2OC)o1. The lowest BCUT2D eigenvalue weighted by Crippen LogP contribution is -2.13. The molecule has 2 aromatic rings. The number of anilines is 2. The number of aromatic nitrogens is 1. The third-order valence-electron chi connectivity index (χ3n) is 3.07. The Morgan fingerprint density at radius 3 is 2.60 bits per heavy atom. The Morgan fingerprint density at radius 2 is 2.00 bits per heavy atom. The molecule has 0 saturated carbocycles. The maximum Gasteiger partial charge on any atom is 0.239 e. The topological polar surface area (TPSA) is 50.5 Å². The predicted molar refractivity (Wildman–Crippen MR) is 80.5 cm³/mol. The number of nitrogens with zero attached hydrogens (tertiary/aromatic N) is 2. The molecular formula is C15H21N3O2. The number of furan rings is 1. The lowest BCUT2D eigenvalue weighted by Gasteiger charge is -2.19. The van der Waals surface area contributed by atoms with Crippen molar-refractivity contribution in [3.05, 3.63) is 35.9 Å². The standard InChI is InChI=1S/C15H21N3O2/c1-5-11-6-7-12(20-11)10-17-14-13(18(2)3)8-9-16-15(14)19-4/h6-9,17H,5,10H2,1-4H3. The van der Waals surface area contributed by atoms with Crippen molar-refractivity contribution in [2.75, 3.05) is 31.4 Å². The summed E-state index contributed by atoms with van der Waals surface area (Å²) in [5.41, 5.74) is 1.90. The Bertz CT molecular complexity index is 564. The minimum Gasteiger partial charge on any atom is -0.479 e. The maximum atomic E-state index is 5.69. The third kappa shape index (κ3) is 3.04. The largest absolute Gasteiger partial charge is 0.479 e. The molecule has 0 aromatic carbocycles. The molecule has 20 heavy (non-hydrogen) atoms. The minimum absolute atomic E-state index is 0.582. The molecule has 0 unspecified atom stereocenters. The van der Waals surface area contributed by atoms with Crippen molar-refractivity contribution >= 4 is 11.4 Å². The molecule has 0 saturated heterocycles. The van der Waals surface area contributed by atoms with Gasteiger partial charge in [-0.3, -0.25) is 0 Å². The van der Waals surface area contributed by atoms with Gasteiger partial charge in [-0.2, -0.15) is 0 Å². The molecule has 0 amide bonds. The van der Waals surface area contributed by atoms with Gasteiger partial charge in [0.05, 0.1) is 19.3 Å². The molecule has 0 aliphatic rings. The van der Waals surface area contributed by atoms with Crippen molar-refractivity contribution in [3.8, 4) is 5.88 Å². The Morgan fingerprint density at radius 1 is 1.25 bits per heavy atom. The molecule has 0 atom stereocenters. The third-order valence-corrected chi connectivity index (χ3v) is 3.07. The van der Waals surface area contributed by atoms with E-state index in [1.54, 1.807) is 13.3 Å². The van der Waals surface area contributed by atoms with Gasteiger partial charge >= 0.3 is 0 Å². The van der Waals surface area contributed by atoms with E-state index in [0.29, 0.717) is 12.4 Å². The van der Waals surface area contributed by atoms with Crippen molar-refractivity contribution in [1.29, 1.82) is 0 Å². The van der Waals surface area contributed by atoms with Crippen LogP contribution in [0.25, 0.3) is 0 Å². The van der Waals surface area contributed by atoms with E-state index in [9.17, 15) is 0 Å². The molecule has 2 heterocycles. The van der Waals surface area contributed by atoms with Crippen LogP contribution in [0.5, 0.6) is 5.88 Å². The molecule has 5 nitrogen and oxygen atoms in total. The van der Waals surface area contributed by atoms with Crippen molar-refractivity contribution < 1.29 is 9.15 Å². The second-order valence-corrected chi connectivity index (χ2v) is 4.68. The van der Waals surface area contributed by atoms with E-state index in [-0.39, 0.29) is 0 Å². The van der Waals surface area contributed by atoms with Crippen molar-refractivity contribution in [2.24, 2.45) is 0 Å². The highest BCUT2D eigenvalue weighted by atomic mass is 16.5. The summed E-state index contributed by atoms with van der Waals surface area (Å²) in [4.78, 5) is 6.25. The summed E-state index contributed by atoms with van der Waals surface area (Å²) in [6, 6.07) is 5.94.